The van der Waals surface area contributed by atoms with E-state index in [1.165, 1.54) is 6.07 Å². The highest BCUT2D eigenvalue weighted by Crippen LogP contribution is 2.27. The third kappa shape index (κ3) is 4.11. The number of likely N-dealkylation sites (N-methyl/N-ethyl adjacent to an activating group) is 1. The van der Waals surface area contributed by atoms with E-state index < -0.39 is 0 Å². The molecular formula is C16H15Br2F2N. The average Bonchev–Trinajstić information content (AvgIpc) is 2.44. The third-order valence-electron chi connectivity index (χ3n) is 3.25. The highest BCUT2D eigenvalue weighted by molar-refractivity contribution is 9.10. The molecule has 2 aromatic carbocycles. The highest BCUT2D eigenvalue weighted by atomic mass is 79.9. The van der Waals surface area contributed by atoms with Crippen LogP contribution in [0.5, 0.6) is 0 Å². The lowest BCUT2D eigenvalue weighted by molar-refractivity contribution is 0.496. The topological polar surface area (TPSA) is 12.0 Å². The molecule has 0 amide bonds. The summed E-state index contributed by atoms with van der Waals surface area (Å²) >= 11 is 6.43. The van der Waals surface area contributed by atoms with Gasteiger partial charge in [0.05, 0.1) is 4.47 Å². The van der Waals surface area contributed by atoms with Crippen molar-refractivity contribution in [2.75, 3.05) is 6.54 Å². The third-order valence-corrected chi connectivity index (χ3v) is 4.35. The first-order valence-corrected chi connectivity index (χ1v) is 8.22. The number of nitrogens with one attached hydrogen (secondary N) is 1. The fourth-order valence-corrected chi connectivity index (χ4v) is 2.95. The lowest BCUT2D eigenvalue weighted by Crippen LogP contribution is -2.24. The summed E-state index contributed by atoms with van der Waals surface area (Å²) in [6.45, 7) is 2.62. The van der Waals surface area contributed by atoms with Crippen LogP contribution in [0.3, 0.4) is 0 Å². The van der Waals surface area contributed by atoms with E-state index in [0.29, 0.717) is 33.0 Å². The number of hydrogen-bond donors (Lipinski definition) is 1. The molecule has 0 bridgehead atoms. The highest BCUT2D eigenvalue weighted by Gasteiger charge is 2.18. The van der Waals surface area contributed by atoms with Crippen molar-refractivity contribution in [3.05, 3.63) is 68.1 Å². The van der Waals surface area contributed by atoms with E-state index in [-0.39, 0.29) is 17.7 Å². The molecule has 1 nitrogen and oxygen atoms in total. The number of rotatable bonds is 5. The summed E-state index contributed by atoms with van der Waals surface area (Å²) in [7, 11) is 0. The predicted octanol–water partition coefficient (Wildman–Crippen LogP) is 5.38. The van der Waals surface area contributed by atoms with Crippen molar-refractivity contribution >= 4 is 31.9 Å². The zero-order valence-corrected chi connectivity index (χ0v) is 14.6. The summed E-state index contributed by atoms with van der Waals surface area (Å²) < 4.78 is 29.3. The Hall–Kier alpha value is -0.780. The van der Waals surface area contributed by atoms with E-state index in [2.05, 4.69) is 37.2 Å². The first-order chi connectivity index (χ1) is 10.0. The van der Waals surface area contributed by atoms with Crippen molar-refractivity contribution in [1.82, 2.24) is 5.32 Å². The molecule has 0 saturated carbocycles. The van der Waals surface area contributed by atoms with Crippen molar-refractivity contribution in [3.8, 4) is 0 Å². The van der Waals surface area contributed by atoms with Crippen LogP contribution in [0.1, 0.15) is 24.1 Å². The maximum atomic E-state index is 14.3. The molecule has 0 radical (unpaired) electrons. The standard InChI is InChI=1S/C16H15Br2F2N/c1-2-21-15(12-4-3-5-13(18)16(12)20)8-10-6-7-11(17)9-14(10)19/h3-7,9,15,21H,2,8H2,1H3. The van der Waals surface area contributed by atoms with Crippen molar-refractivity contribution in [1.29, 1.82) is 0 Å². The Labute approximate surface area is 140 Å². The second-order valence-corrected chi connectivity index (χ2v) is 6.46. The predicted molar refractivity (Wildman–Crippen MR) is 88.3 cm³/mol. The Morgan fingerprint density at radius 2 is 1.90 bits per heavy atom. The van der Waals surface area contributed by atoms with E-state index in [0.717, 1.165) is 0 Å². The summed E-state index contributed by atoms with van der Waals surface area (Å²) in [6, 6.07) is 9.83. The molecule has 0 spiro atoms. The quantitative estimate of drug-likeness (QED) is 0.686. The van der Waals surface area contributed by atoms with Gasteiger partial charge in [-0.3, -0.25) is 0 Å². The smallest absolute Gasteiger partial charge is 0.142 e. The van der Waals surface area contributed by atoms with Crippen LogP contribution in [0.2, 0.25) is 0 Å². The van der Waals surface area contributed by atoms with Gasteiger partial charge in [-0.1, -0.05) is 41.1 Å². The van der Waals surface area contributed by atoms with Gasteiger partial charge in [0, 0.05) is 16.1 Å². The molecule has 0 aliphatic heterocycles. The lowest BCUT2D eigenvalue weighted by atomic mass is 9.98. The molecular weight excluding hydrogens is 404 g/mol. The molecule has 0 saturated heterocycles. The Bertz CT molecular complexity index is 632. The van der Waals surface area contributed by atoms with E-state index >= 15 is 0 Å². The van der Waals surface area contributed by atoms with Gasteiger partial charge >= 0.3 is 0 Å². The number of hydrogen-bond acceptors (Lipinski definition) is 1. The Morgan fingerprint density at radius 1 is 1.14 bits per heavy atom. The van der Waals surface area contributed by atoms with Gasteiger partial charge in [-0.15, -0.1) is 0 Å². The molecule has 21 heavy (non-hydrogen) atoms. The van der Waals surface area contributed by atoms with E-state index in [1.807, 2.05) is 6.92 Å². The molecule has 5 heteroatoms. The lowest BCUT2D eigenvalue weighted by Gasteiger charge is -2.20. The Morgan fingerprint density at radius 3 is 2.57 bits per heavy atom. The molecule has 0 aliphatic carbocycles. The molecule has 1 atom stereocenters. The fourth-order valence-electron chi connectivity index (χ4n) is 2.24. The van der Waals surface area contributed by atoms with Gasteiger partial charge in [0.15, 0.2) is 0 Å². The van der Waals surface area contributed by atoms with Crippen LogP contribution in [-0.2, 0) is 6.42 Å². The monoisotopic (exact) mass is 417 g/mol. The Kier molecular flexibility index (Phi) is 5.90. The maximum absolute atomic E-state index is 14.3. The fraction of sp³-hybridized carbons (Fsp3) is 0.250. The van der Waals surface area contributed by atoms with E-state index in [1.54, 1.807) is 30.3 Å². The molecule has 0 fully saturated rings. The minimum atomic E-state index is -0.305. The van der Waals surface area contributed by atoms with Gasteiger partial charge in [-0.25, -0.2) is 8.78 Å². The summed E-state index contributed by atoms with van der Waals surface area (Å²) in [6.07, 6.45) is 0.389. The Balaban J connectivity index is 2.33. The van der Waals surface area contributed by atoms with Gasteiger partial charge in [-0.2, -0.15) is 0 Å². The number of halogens is 4. The SMILES string of the molecule is CCNC(Cc1ccc(Br)cc1F)c1cccc(Br)c1F. The van der Waals surface area contributed by atoms with Crippen LogP contribution in [0.4, 0.5) is 8.78 Å². The minimum absolute atomic E-state index is 0.275. The van der Waals surface area contributed by atoms with Crippen LogP contribution in [0.25, 0.3) is 0 Å². The van der Waals surface area contributed by atoms with Crippen LogP contribution in [-0.4, -0.2) is 6.54 Å². The van der Waals surface area contributed by atoms with Crippen LogP contribution < -0.4 is 5.32 Å². The van der Waals surface area contributed by atoms with Crippen molar-refractivity contribution in [2.24, 2.45) is 0 Å². The molecule has 2 aromatic rings. The van der Waals surface area contributed by atoms with Crippen molar-refractivity contribution in [2.45, 2.75) is 19.4 Å². The molecule has 0 aromatic heterocycles. The van der Waals surface area contributed by atoms with E-state index in [9.17, 15) is 8.78 Å². The molecule has 1 N–H and O–H groups in total. The summed E-state index contributed by atoms with van der Waals surface area (Å²) in [5, 5.41) is 3.22. The van der Waals surface area contributed by atoms with Gasteiger partial charge in [-0.05, 0) is 52.7 Å². The zero-order chi connectivity index (χ0) is 15.4. The summed E-state index contributed by atoms with van der Waals surface area (Å²) in [5.74, 6) is -0.594. The zero-order valence-electron chi connectivity index (χ0n) is 11.5. The molecule has 112 valence electrons. The second kappa shape index (κ2) is 7.47. The average molecular weight is 419 g/mol. The molecule has 0 heterocycles. The van der Waals surface area contributed by atoms with Crippen LogP contribution in [0.15, 0.2) is 45.3 Å². The minimum Gasteiger partial charge on any atom is -0.310 e. The summed E-state index contributed by atoms with van der Waals surface area (Å²) in [5.41, 5.74) is 1.09. The first kappa shape index (κ1) is 16.6. The second-order valence-electron chi connectivity index (χ2n) is 4.69. The largest absolute Gasteiger partial charge is 0.310 e. The molecule has 2 rings (SSSR count). The molecule has 0 aliphatic rings. The maximum Gasteiger partial charge on any atom is 0.142 e. The molecule has 1 unspecified atom stereocenters. The van der Waals surface area contributed by atoms with Crippen molar-refractivity contribution < 1.29 is 8.78 Å². The van der Waals surface area contributed by atoms with Gasteiger partial charge in [0.2, 0.25) is 0 Å². The van der Waals surface area contributed by atoms with Gasteiger partial charge < -0.3 is 5.32 Å². The summed E-state index contributed by atoms with van der Waals surface area (Å²) in [4.78, 5) is 0. The van der Waals surface area contributed by atoms with Crippen LogP contribution >= 0.6 is 31.9 Å². The van der Waals surface area contributed by atoms with E-state index in [4.69, 9.17) is 0 Å². The van der Waals surface area contributed by atoms with Crippen molar-refractivity contribution in [3.63, 3.8) is 0 Å². The normalized spacial score (nSPS) is 12.4. The van der Waals surface area contributed by atoms with Gasteiger partial charge in [0.25, 0.3) is 0 Å². The van der Waals surface area contributed by atoms with Gasteiger partial charge in [0.1, 0.15) is 11.6 Å². The van der Waals surface area contributed by atoms with Crippen LogP contribution in [0, 0.1) is 11.6 Å². The first-order valence-electron chi connectivity index (χ1n) is 6.64. The number of benzene rings is 2.